The first-order valence-electron chi connectivity index (χ1n) is 17.1. The molecule has 4 heteroatoms. The number of fused-ring (bicyclic) bond motifs is 6. The lowest BCUT2D eigenvalue weighted by Crippen LogP contribution is -1.95. The maximum atomic E-state index is 5.46. The van der Waals surface area contributed by atoms with Crippen molar-refractivity contribution in [2.24, 2.45) is 0 Å². The molecule has 0 fully saturated rings. The molecule has 51 heavy (non-hydrogen) atoms. The van der Waals surface area contributed by atoms with Crippen molar-refractivity contribution in [3.05, 3.63) is 176 Å². The van der Waals surface area contributed by atoms with Gasteiger partial charge in [-0.1, -0.05) is 158 Å². The van der Waals surface area contributed by atoms with Crippen LogP contribution in [0.4, 0.5) is 0 Å². The molecule has 0 saturated heterocycles. The summed E-state index contributed by atoms with van der Waals surface area (Å²) < 4.78 is 2.55. The fourth-order valence-electron chi connectivity index (χ4n) is 7.17. The second-order valence-corrected chi connectivity index (χ2v) is 13.8. The second kappa shape index (κ2) is 12.1. The Morgan fingerprint density at radius 2 is 1.00 bits per heavy atom. The van der Waals surface area contributed by atoms with E-state index in [1.807, 2.05) is 47.7 Å². The molecule has 3 nitrogen and oxygen atoms in total. The fourth-order valence-corrected chi connectivity index (χ4v) is 8.41. The molecule has 0 saturated carbocycles. The molecule has 0 spiro atoms. The molecular formula is C47H29N3S. The highest BCUT2D eigenvalue weighted by molar-refractivity contribution is 7.26. The van der Waals surface area contributed by atoms with Crippen molar-refractivity contribution < 1.29 is 0 Å². The molecule has 7 aromatic carbocycles. The number of benzene rings is 7. The van der Waals surface area contributed by atoms with Gasteiger partial charge in [0.15, 0.2) is 5.82 Å². The number of hydrogen-bond donors (Lipinski definition) is 0. The SMILES string of the molecule is c1ccc(-c2cc(-c3ccc(-c4ccc5c(c4)nc(-c4cccc6ccccc46)c4c6ccccc6sc54)cc3)nc(-c3ccccc3)n2)cc1. The van der Waals surface area contributed by atoms with E-state index in [0.29, 0.717) is 5.82 Å². The maximum Gasteiger partial charge on any atom is 0.160 e. The summed E-state index contributed by atoms with van der Waals surface area (Å²) >= 11 is 1.85. The molecule has 0 N–H and O–H groups in total. The predicted octanol–water partition coefficient (Wildman–Crippen LogP) is 12.9. The molecule has 0 amide bonds. The lowest BCUT2D eigenvalue weighted by molar-refractivity contribution is 1.18. The average molecular weight is 668 g/mol. The molecule has 0 aliphatic carbocycles. The first kappa shape index (κ1) is 29.4. The lowest BCUT2D eigenvalue weighted by atomic mass is 9.96. The van der Waals surface area contributed by atoms with Crippen LogP contribution >= 0.6 is 11.3 Å². The highest BCUT2D eigenvalue weighted by atomic mass is 32.1. The zero-order valence-electron chi connectivity index (χ0n) is 27.5. The van der Waals surface area contributed by atoms with E-state index in [2.05, 4.69) is 140 Å². The number of nitrogens with zero attached hydrogens (tertiary/aromatic N) is 3. The summed E-state index contributed by atoms with van der Waals surface area (Å²) in [5.74, 6) is 0.714. The van der Waals surface area contributed by atoms with Crippen LogP contribution in [0.5, 0.6) is 0 Å². The highest BCUT2D eigenvalue weighted by Crippen LogP contribution is 2.44. The van der Waals surface area contributed by atoms with E-state index in [9.17, 15) is 0 Å². The van der Waals surface area contributed by atoms with E-state index in [4.69, 9.17) is 15.0 Å². The van der Waals surface area contributed by atoms with Gasteiger partial charge in [0.25, 0.3) is 0 Å². The Hall–Kier alpha value is -6.49. The summed E-state index contributed by atoms with van der Waals surface area (Å²) in [4.78, 5) is 15.5. The summed E-state index contributed by atoms with van der Waals surface area (Å²) in [6, 6.07) is 61.8. The normalized spacial score (nSPS) is 11.5. The van der Waals surface area contributed by atoms with Crippen molar-refractivity contribution >= 4 is 53.2 Å². The summed E-state index contributed by atoms with van der Waals surface area (Å²) in [5, 5.41) is 6.09. The van der Waals surface area contributed by atoms with E-state index in [0.717, 1.165) is 56.0 Å². The third-order valence-corrected chi connectivity index (χ3v) is 10.9. The van der Waals surface area contributed by atoms with Gasteiger partial charge >= 0.3 is 0 Å². The minimum absolute atomic E-state index is 0.714. The summed E-state index contributed by atoms with van der Waals surface area (Å²) in [6.07, 6.45) is 0. The van der Waals surface area contributed by atoms with Gasteiger partial charge in [0.2, 0.25) is 0 Å². The monoisotopic (exact) mass is 667 g/mol. The summed E-state index contributed by atoms with van der Waals surface area (Å²) in [7, 11) is 0. The van der Waals surface area contributed by atoms with Gasteiger partial charge in [-0.25, -0.2) is 15.0 Å². The maximum absolute atomic E-state index is 5.46. The summed E-state index contributed by atoms with van der Waals surface area (Å²) in [6.45, 7) is 0. The number of aromatic nitrogens is 3. The highest BCUT2D eigenvalue weighted by Gasteiger charge is 2.18. The van der Waals surface area contributed by atoms with Crippen molar-refractivity contribution in [1.82, 2.24) is 15.0 Å². The minimum atomic E-state index is 0.714. The number of rotatable bonds is 5. The van der Waals surface area contributed by atoms with Crippen LogP contribution in [0.3, 0.4) is 0 Å². The van der Waals surface area contributed by atoms with Crippen LogP contribution in [0.25, 0.3) is 98.1 Å². The molecule has 0 aliphatic heterocycles. The zero-order valence-corrected chi connectivity index (χ0v) is 28.3. The third kappa shape index (κ3) is 5.16. The van der Waals surface area contributed by atoms with Crippen molar-refractivity contribution in [1.29, 1.82) is 0 Å². The van der Waals surface area contributed by atoms with Crippen molar-refractivity contribution in [2.75, 3.05) is 0 Å². The molecule has 10 rings (SSSR count). The Bertz CT molecular complexity index is 2830. The van der Waals surface area contributed by atoms with E-state index in [-0.39, 0.29) is 0 Å². The van der Waals surface area contributed by atoms with Crippen LogP contribution in [0, 0.1) is 0 Å². The molecule has 0 bridgehead atoms. The number of hydrogen-bond acceptors (Lipinski definition) is 4. The van der Waals surface area contributed by atoms with E-state index in [1.165, 1.54) is 36.3 Å². The fraction of sp³-hybridized carbons (Fsp3) is 0. The van der Waals surface area contributed by atoms with Crippen LogP contribution in [0.1, 0.15) is 0 Å². The Labute approximate surface area is 299 Å². The zero-order chi connectivity index (χ0) is 33.7. The van der Waals surface area contributed by atoms with Crippen molar-refractivity contribution in [2.45, 2.75) is 0 Å². The third-order valence-electron chi connectivity index (χ3n) is 9.69. The number of thiophene rings is 1. The smallest absolute Gasteiger partial charge is 0.160 e. The van der Waals surface area contributed by atoms with Crippen LogP contribution in [0.2, 0.25) is 0 Å². The lowest BCUT2D eigenvalue weighted by Gasteiger charge is -2.12. The Balaban J connectivity index is 1.10. The van der Waals surface area contributed by atoms with Gasteiger partial charge in [-0.05, 0) is 40.1 Å². The Morgan fingerprint density at radius 3 is 1.78 bits per heavy atom. The van der Waals surface area contributed by atoms with Crippen molar-refractivity contribution in [3.63, 3.8) is 0 Å². The molecule has 238 valence electrons. The number of pyridine rings is 1. The molecule has 0 radical (unpaired) electrons. The quantitative estimate of drug-likeness (QED) is 0.183. The minimum Gasteiger partial charge on any atom is -0.247 e. The van der Waals surface area contributed by atoms with E-state index < -0.39 is 0 Å². The molecule has 10 aromatic rings. The van der Waals surface area contributed by atoms with Gasteiger partial charge in [-0.15, -0.1) is 11.3 Å². The van der Waals surface area contributed by atoms with Gasteiger partial charge in [0.1, 0.15) is 0 Å². The van der Waals surface area contributed by atoms with Gasteiger partial charge in [0, 0.05) is 47.8 Å². The standard InChI is InChI=1S/C47H29N3S/c1-3-13-32(14-4-1)40-29-41(50-47(49-40)34-15-5-2-6-16-34)33-24-22-30(23-25-33)35-26-27-38-42(28-35)48-45(37-20-11-17-31-12-7-8-18-36(31)37)44-39-19-9-10-21-43(39)51-46(38)44/h1-29H. The molecule has 0 aliphatic rings. The topological polar surface area (TPSA) is 38.7 Å². The molecular weight excluding hydrogens is 639 g/mol. The Kier molecular flexibility index (Phi) is 7.00. The van der Waals surface area contributed by atoms with Crippen molar-refractivity contribution in [3.8, 4) is 56.3 Å². The molecule has 3 heterocycles. The largest absolute Gasteiger partial charge is 0.247 e. The second-order valence-electron chi connectivity index (χ2n) is 12.8. The van der Waals surface area contributed by atoms with Gasteiger partial charge in [-0.2, -0.15) is 0 Å². The van der Waals surface area contributed by atoms with E-state index >= 15 is 0 Å². The predicted molar refractivity (Wildman–Crippen MR) is 215 cm³/mol. The average Bonchev–Trinajstić information content (AvgIpc) is 3.61. The molecule has 0 unspecified atom stereocenters. The van der Waals surface area contributed by atoms with Gasteiger partial charge in [-0.3, -0.25) is 0 Å². The van der Waals surface area contributed by atoms with Gasteiger partial charge in [0.05, 0.1) is 22.6 Å². The van der Waals surface area contributed by atoms with Crippen LogP contribution in [-0.4, -0.2) is 15.0 Å². The van der Waals surface area contributed by atoms with Gasteiger partial charge < -0.3 is 0 Å². The van der Waals surface area contributed by atoms with Crippen LogP contribution < -0.4 is 0 Å². The Morgan fingerprint density at radius 1 is 0.392 bits per heavy atom. The summed E-state index contributed by atoms with van der Waals surface area (Å²) in [5.41, 5.74) is 10.3. The van der Waals surface area contributed by atoms with Crippen LogP contribution in [-0.2, 0) is 0 Å². The van der Waals surface area contributed by atoms with Crippen LogP contribution in [0.15, 0.2) is 176 Å². The van der Waals surface area contributed by atoms with E-state index in [1.54, 1.807) is 0 Å². The first-order chi connectivity index (χ1) is 25.3. The first-order valence-corrected chi connectivity index (χ1v) is 17.9. The molecule has 3 aromatic heterocycles. The molecule has 0 atom stereocenters.